The summed E-state index contributed by atoms with van der Waals surface area (Å²) < 4.78 is 1.80. The first kappa shape index (κ1) is 22.6. The lowest BCUT2D eigenvalue weighted by Crippen LogP contribution is -2.24. The maximum atomic E-state index is 5.79. The second-order valence-corrected chi connectivity index (χ2v) is 8.78. The van der Waals surface area contributed by atoms with Crippen molar-refractivity contribution in [3.05, 3.63) is 88.9 Å². The van der Waals surface area contributed by atoms with E-state index in [0.717, 1.165) is 53.7 Å². The van der Waals surface area contributed by atoms with Gasteiger partial charge in [0.25, 0.3) is 0 Å². The molecular weight excluding hydrogens is 402 g/mol. The van der Waals surface area contributed by atoms with Crippen LogP contribution < -0.4 is 5.73 Å². The van der Waals surface area contributed by atoms with E-state index in [-0.39, 0.29) is 0 Å². The summed E-state index contributed by atoms with van der Waals surface area (Å²) in [6.07, 6.45) is 7.66. The molecule has 2 heterocycles. The fourth-order valence-electron chi connectivity index (χ4n) is 3.30. The van der Waals surface area contributed by atoms with E-state index in [2.05, 4.69) is 66.8 Å². The molecule has 0 fully saturated rings. The van der Waals surface area contributed by atoms with E-state index in [9.17, 15) is 0 Å². The molecule has 0 unspecified atom stereocenters. The summed E-state index contributed by atoms with van der Waals surface area (Å²) in [4.78, 5) is 9.37. The zero-order valence-corrected chi connectivity index (χ0v) is 19.4. The van der Waals surface area contributed by atoms with Gasteiger partial charge < -0.3 is 10.6 Å². The van der Waals surface area contributed by atoms with Gasteiger partial charge in [-0.1, -0.05) is 50.3 Å². The van der Waals surface area contributed by atoms with Crippen molar-refractivity contribution in [1.29, 1.82) is 0 Å². The van der Waals surface area contributed by atoms with Crippen LogP contribution in [0.2, 0.25) is 0 Å². The Kier molecular flexibility index (Phi) is 7.84. The first-order chi connectivity index (χ1) is 15.0. The number of allylic oxidation sites excluding steroid dienone is 1. The molecule has 0 spiro atoms. The topological polar surface area (TPSA) is 60.0 Å². The van der Waals surface area contributed by atoms with Crippen LogP contribution in [0.15, 0.2) is 72.6 Å². The van der Waals surface area contributed by atoms with Gasteiger partial charge in [0.05, 0.1) is 4.88 Å². The Balaban J connectivity index is 1.90. The van der Waals surface area contributed by atoms with Crippen LogP contribution in [0.25, 0.3) is 16.8 Å². The lowest BCUT2D eigenvalue weighted by molar-refractivity contribution is 0.339. The molecule has 5 nitrogen and oxygen atoms in total. The van der Waals surface area contributed by atoms with Gasteiger partial charge in [-0.2, -0.15) is 0 Å². The monoisotopic (exact) mass is 433 g/mol. The Morgan fingerprint density at radius 3 is 2.65 bits per heavy atom. The molecule has 2 aromatic heterocycles. The minimum absolute atomic E-state index is 0.737. The summed E-state index contributed by atoms with van der Waals surface area (Å²) in [5, 5.41) is 4.60. The third-order valence-corrected chi connectivity index (χ3v) is 6.03. The fourth-order valence-corrected chi connectivity index (χ4v) is 4.09. The van der Waals surface area contributed by atoms with Crippen molar-refractivity contribution in [3.8, 4) is 10.7 Å². The van der Waals surface area contributed by atoms with Crippen molar-refractivity contribution >= 4 is 17.4 Å². The maximum Gasteiger partial charge on any atom is 0.191 e. The zero-order valence-electron chi connectivity index (χ0n) is 18.6. The highest BCUT2D eigenvalue weighted by atomic mass is 32.1. The number of aryl methyl sites for hydroxylation is 2. The molecule has 0 aliphatic heterocycles. The number of benzene rings is 1. The molecule has 0 aliphatic rings. The summed E-state index contributed by atoms with van der Waals surface area (Å²) in [7, 11) is 1.91. The van der Waals surface area contributed by atoms with E-state index in [0.29, 0.717) is 0 Å². The highest BCUT2D eigenvalue weighted by molar-refractivity contribution is 7.15. The standard InChI is InChI=1S/C25H31N5S/c1-5-6-16-30(18-21-10-8-7-9-11-21)20(3)22(14-15-26)17-24-27-25(28-29(24)4)23-13-12-19(2)31-23/h7-15,17H,3,5-6,16,18,26H2,1-2,4H3/b15-14+,22-17+. The second-order valence-electron chi connectivity index (χ2n) is 7.49. The smallest absolute Gasteiger partial charge is 0.191 e. The molecule has 31 heavy (non-hydrogen) atoms. The number of thiophene rings is 1. The lowest BCUT2D eigenvalue weighted by Gasteiger charge is -2.27. The highest BCUT2D eigenvalue weighted by Crippen LogP contribution is 2.26. The molecule has 0 radical (unpaired) electrons. The van der Waals surface area contributed by atoms with Crippen LogP contribution in [-0.2, 0) is 13.6 Å². The van der Waals surface area contributed by atoms with E-state index < -0.39 is 0 Å². The molecule has 3 rings (SSSR count). The van der Waals surface area contributed by atoms with E-state index >= 15 is 0 Å². The molecule has 3 aromatic rings. The number of nitrogens with two attached hydrogens (primary N) is 1. The number of hydrogen-bond donors (Lipinski definition) is 1. The van der Waals surface area contributed by atoms with Crippen molar-refractivity contribution in [1.82, 2.24) is 19.7 Å². The predicted molar refractivity (Wildman–Crippen MR) is 131 cm³/mol. The summed E-state index contributed by atoms with van der Waals surface area (Å²) in [5.74, 6) is 1.51. The minimum Gasteiger partial charge on any atom is -0.405 e. The van der Waals surface area contributed by atoms with E-state index in [1.165, 1.54) is 10.4 Å². The molecule has 1 aromatic carbocycles. The fraction of sp³-hybridized carbons (Fsp3) is 0.280. The van der Waals surface area contributed by atoms with Gasteiger partial charge in [0.1, 0.15) is 0 Å². The molecule has 162 valence electrons. The Morgan fingerprint density at radius 2 is 2.00 bits per heavy atom. The van der Waals surface area contributed by atoms with Crippen LogP contribution in [0.5, 0.6) is 0 Å². The average Bonchev–Trinajstić information content (AvgIpc) is 3.36. The van der Waals surface area contributed by atoms with Gasteiger partial charge in [0.2, 0.25) is 0 Å². The third-order valence-electron chi connectivity index (χ3n) is 5.03. The largest absolute Gasteiger partial charge is 0.405 e. The molecule has 0 atom stereocenters. The molecule has 0 saturated carbocycles. The number of nitrogens with zero attached hydrogens (tertiary/aromatic N) is 4. The van der Waals surface area contributed by atoms with Gasteiger partial charge in [-0.25, -0.2) is 9.67 Å². The highest BCUT2D eigenvalue weighted by Gasteiger charge is 2.14. The summed E-state index contributed by atoms with van der Waals surface area (Å²) in [6.45, 7) is 10.4. The van der Waals surface area contributed by atoms with Crippen molar-refractivity contribution in [2.45, 2.75) is 33.2 Å². The minimum atomic E-state index is 0.737. The maximum absolute atomic E-state index is 5.79. The van der Waals surface area contributed by atoms with Crippen LogP contribution in [0.4, 0.5) is 0 Å². The Labute approximate surface area is 189 Å². The molecule has 2 N–H and O–H groups in total. The van der Waals surface area contributed by atoms with Gasteiger partial charge in [0, 0.05) is 36.3 Å². The molecule has 0 bridgehead atoms. The number of aromatic nitrogens is 3. The SMILES string of the molecule is C=C(C(/C=C/N)=C/c1nc(-c2ccc(C)s2)nn1C)N(CCCC)Cc1ccccc1. The predicted octanol–water partition coefficient (Wildman–Crippen LogP) is 5.52. The summed E-state index contributed by atoms with van der Waals surface area (Å²) in [5.41, 5.74) is 8.90. The van der Waals surface area contributed by atoms with Crippen LogP contribution in [-0.4, -0.2) is 26.2 Å². The Bertz CT molecular complexity index is 1060. The average molecular weight is 434 g/mol. The van der Waals surface area contributed by atoms with E-state index in [1.54, 1.807) is 22.2 Å². The van der Waals surface area contributed by atoms with Gasteiger partial charge in [0.15, 0.2) is 11.6 Å². The van der Waals surface area contributed by atoms with Gasteiger partial charge >= 0.3 is 0 Å². The summed E-state index contributed by atoms with van der Waals surface area (Å²) in [6, 6.07) is 14.6. The van der Waals surface area contributed by atoms with Gasteiger partial charge in [-0.05, 0) is 49.4 Å². The summed E-state index contributed by atoms with van der Waals surface area (Å²) >= 11 is 1.69. The van der Waals surface area contributed by atoms with Crippen molar-refractivity contribution < 1.29 is 0 Å². The number of rotatable bonds is 10. The first-order valence-corrected chi connectivity index (χ1v) is 11.4. The van der Waals surface area contributed by atoms with E-state index in [4.69, 9.17) is 10.7 Å². The van der Waals surface area contributed by atoms with Crippen LogP contribution in [0, 0.1) is 6.92 Å². The zero-order chi connectivity index (χ0) is 22.2. The lowest BCUT2D eigenvalue weighted by atomic mass is 10.1. The first-order valence-electron chi connectivity index (χ1n) is 10.6. The van der Waals surface area contributed by atoms with Crippen LogP contribution >= 0.6 is 11.3 Å². The van der Waals surface area contributed by atoms with Gasteiger partial charge in [-0.3, -0.25) is 0 Å². The molecule has 0 amide bonds. The molecule has 6 heteroatoms. The van der Waals surface area contributed by atoms with Crippen LogP contribution in [0.1, 0.15) is 36.0 Å². The van der Waals surface area contributed by atoms with Crippen molar-refractivity contribution in [3.63, 3.8) is 0 Å². The van der Waals surface area contributed by atoms with Crippen molar-refractivity contribution in [2.75, 3.05) is 6.54 Å². The third kappa shape index (κ3) is 5.95. The van der Waals surface area contributed by atoms with E-state index in [1.807, 2.05) is 25.3 Å². The quantitative estimate of drug-likeness (QED) is 0.428. The van der Waals surface area contributed by atoms with Crippen molar-refractivity contribution in [2.24, 2.45) is 12.8 Å². The Hall–Kier alpha value is -3.12. The number of unbranched alkanes of at least 4 members (excludes halogenated alkanes) is 1. The van der Waals surface area contributed by atoms with Crippen LogP contribution in [0.3, 0.4) is 0 Å². The molecular formula is C25H31N5S. The second kappa shape index (κ2) is 10.8. The molecule has 0 aliphatic carbocycles. The molecule has 0 saturated heterocycles. The number of hydrogen-bond acceptors (Lipinski definition) is 5. The normalized spacial score (nSPS) is 11.9. The van der Waals surface area contributed by atoms with Gasteiger partial charge in [-0.15, -0.1) is 16.4 Å². The Morgan fingerprint density at radius 1 is 1.23 bits per heavy atom.